The van der Waals surface area contributed by atoms with Gasteiger partial charge in [0.2, 0.25) is 5.89 Å². The summed E-state index contributed by atoms with van der Waals surface area (Å²) in [5.74, 6) is -0.610. The number of oxazole rings is 1. The van der Waals surface area contributed by atoms with Gasteiger partial charge in [0, 0.05) is 10.6 Å². The van der Waals surface area contributed by atoms with Crippen LogP contribution in [0.3, 0.4) is 0 Å². The van der Waals surface area contributed by atoms with E-state index >= 15 is 0 Å². The highest BCUT2D eigenvalue weighted by Gasteiger charge is 2.10. The maximum atomic E-state index is 10.9. The largest absolute Gasteiger partial charge is 0.478 e. The molecule has 2 aromatic carbocycles. The number of aromatic nitrogens is 1. The first-order chi connectivity index (χ1) is 9.13. The molecular formula is C14H8ClNO3. The summed E-state index contributed by atoms with van der Waals surface area (Å²) >= 11 is 5.88. The zero-order valence-corrected chi connectivity index (χ0v) is 10.4. The van der Waals surface area contributed by atoms with E-state index in [1.807, 2.05) is 0 Å². The molecule has 0 aliphatic heterocycles. The molecular weight excluding hydrogens is 266 g/mol. The van der Waals surface area contributed by atoms with Crippen LogP contribution in [0.15, 0.2) is 46.9 Å². The van der Waals surface area contributed by atoms with Crippen LogP contribution in [0.4, 0.5) is 0 Å². The third-order valence-electron chi connectivity index (χ3n) is 2.71. The molecule has 0 bridgehead atoms. The lowest BCUT2D eigenvalue weighted by atomic mass is 10.1. The van der Waals surface area contributed by atoms with Crippen molar-refractivity contribution in [1.82, 2.24) is 4.98 Å². The molecule has 0 saturated carbocycles. The van der Waals surface area contributed by atoms with Gasteiger partial charge in [-0.15, -0.1) is 0 Å². The Bertz CT molecular complexity index is 779. The highest BCUT2D eigenvalue weighted by molar-refractivity contribution is 6.31. The number of carboxylic acid groups (broad SMARTS) is 1. The minimum Gasteiger partial charge on any atom is -0.478 e. The van der Waals surface area contributed by atoms with E-state index in [1.54, 1.807) is 30.3 Å². The molecule has 0 aliphatic carbocycles. The van der Waals surface area contributed by atoms with Crippen LogP contribution in [0.2, 0.25) is 5.02 Å². The zero-order chi connectivity index (χ0) is 13.4. The van der Waals surface area contributed by atoms with Gasteiger partial charge >= 0.3 is 5.97 Å². The molecule has 0 aliphatic rings. The van der Waals surface area contributed by atoms with Crippen LogP contribution in [0.25, 0.3) is 22.6 Å². The summed E-state index contributed by atoms with van der Waals surface area (Å²) in [6.07, 6.45) is 0. The standard InChI is InChI=1S/C14H8ClNO3/c15-10-4-5-12-11(7-10)16-13(19-12)8-2-1-3-9(6-8)14(17)18/h1-7H,(H,17,18). The predicted molar refractivity (Wildman–Crippen MR) is 71.4 cm³/mol. The van der Waals surface area contributed by atoms with Crippen molar-refractivity contribution in [3.05, 3.63) is 53.1 Å². The number of hydrogen-bond acceptors (Lipinski definition) is 3. The molecule has 94 valence electrons. The minimum absolute atomic E-state index is 0.192. The first-order valence-electron chi connectivity index (χ1n) is 5.53. The van der Waals surface area contributed by atoms with Crippen LogP contribution in [0, 0.1) is 0 Å². The highest BCUT2D eigenvalue weighted by atomic mass is 35.5. The fourth-order valence-electron chi connectivity index (χ4n) is 1.81. The monoisotopic (exact) mass is 273 g/mol. The van der Waals surface area contributed by atoms with Gasteiger partial charge in [-0.1, -0.05) is 17.7 Å². The zero-order valence-electron chi connectivity index (χ0n) is 9.63. The van der Waals surface area contributed by atoms with Crippen LogP contribution >= 0.6 is 11.6 Å². The Morgan fingerprint density at radius 3 is 2.84 bits per heavy atom. The number of halogens is 1. The van der Waals surface area contributed by atoms with Crippen LogP contribution < -0.4 is 0 Å². The molecule has 1 aromatic heterocycles. The molecule has 4 nitrogen and oxygen atoms in total. The van der Waals surface area contributed by atoms with Gasteiger partial charge in [-0.25, -0.2) is 9.78 Å². The molecule has 5 heteroatoms. The summed E-state index contributed by atoms with van der Waals surface area (Å²) in [4.78, 5) is 15.2. The van der Waals surface area contributed by atoms with E-state index < -0.39 is 5.97 Å². The van der Waals surface area contributed by atoms with Gasteiger partial charge in [0.25, 0.3) is 0 Å². The van der Waals surface area contributed by atoms with Crippen LogP contribution in [-0.2, 0) is 0 Å². The van der Waals surface area contributed by atoms with E-state index in [0.29, 0.717) is 27.6 Å². The molecule has 1 heterocycles. The van der Waals surface area contributed by atoms with Gasteiger partial charge in [0.05, 0.1) is 5.56 Å². The summed E-state index contributed by atoms with van der Waals surface area (Å²) < 4.78 is 5.58. The van der Waals surface area contributed by atoms with E-state index in [-0.39, 0.29) is 5.56 Å². The Balaban J connectivity index is 2.13. The lowest BCUT2D eigenvalue weighted by molar-refractivity contribution is 0.0697. The smallest absolute Gasteiger partial charge is 0.335 e. The summed E-state index contributed by atoms with van der Waals surface area (Å²) in [5, 5.41) is 9.54. The van der Waals surface area contributed by atoms with Crippen molar-refractivity contribution < 1.29 is 14.3 Å². The normalized spacial score (nSPS) is 10.8. The van der Waals surface area contributed by atoms with Crippen molar-refractivity contribution in [2.45, 2.75) is 0 Å². The average molecular weight is 274 g/mol. The molecule has 0 unspecified atom stereocenters. The van der Waals surface area contributed by atoms with E-state index in [4.69, 9.17) is 21.1 Å². The summed E-state index contributed by atoms with van der Waals surface area (Å²) in [6.45, 7) is 0. The Morgan fingerprint density at radius 2 is 2.05 bits per heavy atom. The molecule has 3 aromatic rings. The van der Waals surface area contributed by atoms with Gasteiger partial charge in [-0.3, -0.25) is 0 Å². The number of rotatable bonds is 2. The third kappa shape index (κ3) is 2.18. The molecule has 19 heavy (non-hydrogen) atoms. The number of benzene rings is 2. The van der Waals surface area contributed by atoms with Crippen molar-refractivity contribution in [2.24, 2.45) is 0 Å². The lowest BCUT2D eigenvalue weighted by Gasteiger charge is -1.97. The predicted octanol–water partition coefficient (Wildman–Crippen LogP) is 3.85. The van der Waals surface area contributed by atoms with Crippen molar-refractivity contribution in [2.75, 3.05) is 0 Å². The number of aromatic carboxylic acids is 1. The van der Waals surface area contributed by atoms with Crippen LogP contribution in [-0.4, -0.2) is 16.1 Å². The Hall–Kier alpha value is -2.33. The van der Waals surface area contributed by atoms with Crippen LogP contribution in [0.5, 0.6) is 0 Å². The SMILES string of the molecule is O=C(O)c1cccc(-c2nc3cc(Cl)ccc3o2)c1. The number of carboxylic acids is 1. The lowest BCUT2D eigenvalue weighted by Crippen LogP contribution is -1.95. The third-order valence-corrected chi connectivity index (χ3v) is 2.94. The van der Waals surface area contributed by atoms with Crippen molar-refractivity contribution in [1.29, 1.82) is 0 Å². The first-order valence-corrected chi connectivity index (χ1v) is 5.91. The topological polar surface area (TPSA) is 63.3 Å². The van der Waals surface area contributed by atoms with Gasteiger partial charge in [-0.05, 0) is 36.4 Å². The Kier molecular flexibility index (Phi) is 2.72. The van der Waals surface area contributed by atoms with Crippen molar-refractivity contribution in [3.63, 3.8) is 0 Å². The maximum Gasteiger partial charge on any atom is 0.335 e. The second-order valence-electron chi connectivity index (χ2n) is 4.02. The van der Waals surface area contributed by atoms with Crippen molar-refractivity contribution >= 4 is 28.7 Å². The molecule has 0 radical (unpaired) electrons. The fourth-order valence-corrected chi connectivity index (χ4v) is 1.98. The number of nitrogens with zero attached hydrogens (tertiary/aromatic N) is 1. The van der Waals surface area contributed by atoms with E-state index in [2.05, 4.69) is 4.98 Å². The van der Waals surface area contributed by atoms with Gasteiger partial charge in [0.15, 0.2) is 5.58 Å². The molecule has 0 amide bonds. The molecule has 0 atom stereocenters. The Labute approximate surface area is 113 Å². The molecule has 3 rings (SSSR count). The second kappa shape index (κ2) is 4.40. The summed E-state index contributed by atoms with van der Waals surface area (Å²) in [5.41, 5.74) is 2.06. The number of hydrogen-bond donors (Lipinski definition) is 1. The fraction of sp³-hybridized carbons (Fsp3) is 0. The number of fused-ring (bicyclic) bond motifs is 1. The second-order valence-corrected chi connectivity index (χ2v) is 4.45. The van der Waals surface area contributed by atoms with Gasteiger partial charge < -0.3 is 9.52 Å². The molecule has 0 fully saturated rings. The average Bonchev–Trinajstić information content (AvgIpc) is 2.81. The van der Waals surface area contributed by atoms with E-state index in [0.717, 1.165) is 0 Å². The van der Waals surface area contributed by atoms with Crippen LogP contribution in [0.1, 0.15) is 10.4 Å². The maximum absolute atomic E-state index is 10.9. The van der Waals surface area contributed by atoms with E-state index in [9.17, 15) is 4.79 Å². The Morgan fingerprint density at radius 1 is 1.21 bits per heavy atom. The van der Waals surface area contributed by atoms with E-state index in [1.165, 1.54) is 12.1 Å². The van der Waals surface area contributed by atoms with Gasteiger partial charge in [0.1, 0.15) is 5.52 Å². The van der Waals surface area contributed by atoms with Crippen molar-refractivity contribution in [3.8, 4) is 11.5 Å². The first kappa shape index (κ1) is 11.7. The molecule has 0 saturated heterocycles. The number of carbonyl (C=O) groups is 1. The quantitative estimate of drug-likeness (QED) is 0.770. The highest BCUT2D eigenvalue weighted by Crippen LogP contribution is 2.26. The molecule has 0 spiro atoms. The van der Waals surface area contributed by atoms with Gasteiger partial charge in [-0.2, -0.15) is 0 Å². The summed E-state index contributed by atoms with van der Waals surface area (Å²) in [6, 6.07) is 11.6. The summed E-state index contributed by atoms with van der Waals surface area (Å²) in [7, 11) is 0. The minimum atomic E-state index is -0.985. The molecule has 1 N–H and O–H groups in total.